The fourth-order valence-corrected chi connectivity index (χ4v) is 9.09. The molecule has 2 aromatic carbocycles. The Morgan fingerprint density at radius 2 is 1.24 bits per heavy atom. The van der Waals surface area contributed by atoms with E-state index in [1.165, 1.54) is 111 Å². The zero-order chi connectivity index (χ0) is 33.8. The first kappa shape index (κ1) is 35.3. The predicted molar refractivity (Wildman–Crippen MR) is 200 cm³/mol. The third-order valence-electron chi connectivity index (χ3n) is 11.7. The molecule has 1 amide bonds. The molecule has 2 saturated heterocycles. The second kappa shape index (κ2) is 17.9. The van der Waals surface area contributed by atoms with Crippen molar-refractivity contribution in [1.29, 1.82) is 0 Å². The minimum atomic E-state index is -0.727. The summed E-state index contributed by atoms with van der Waals surface area (Å²) in [4.78, 5) is 31.9. The van der Waals surface area contributed by atoms with Gasteiger partial charge in [-0.2, -0.15) is 0 Å². The van der Waals surface area contributed by atoms with E-state index in [9.17, 15) is 9.59 Å². The van der Waals surface area contributed by atoms with Gasteiger partial charge in [0.1, 0.15) is 0 Å². The minimum absolute atomic E-state index is 0.236. The van der Waals surface area contributed by atoms with Gasteiger partial charge in [0, 0.05) is 65.7 Å². The van der Waals surface area contributed by atoms with Gasteiger partial charge in [-0.15, -0.1) is 0 Å². The molecule has 264 valence electrons. The molecule has 7 heteroatoms. The van der Waals surface area contributed by atoms with Gasteiger partial charge in [-0.25, -0.2) is 0 Å². The summed E-state index contributed by atoms with van der Waals surface area (Å²) in [5.74, 6) is 1.49. The molecule has 7 nitrogen and oxygen atoms in total. The van der Waals surface area contributed by atoms with Crippen LogP contribution in [0.15, 0.2) is 60.9 Å². The van der Waals surface area contributed by atoms with Gasteiger partial charge in [0.2, 0.25) is 5.91 Å². The number of aliphatic carboxylic acids is 1. The normalized spacial score (nSPS) is 23.4. The van der Waals surface area contributed by atoms with Gasteiger partial charge < -0.3 is 25.3 Å². The van der Waals surface area contributed by atoms with Crippen LogP contribution in [-0.2, 0) is 22.4 Å². The molecule has 4 atom stereocenters. The lowest BCUT2D eigenvalue weighted by atomic mass is 9.78. The number of benzene rings is 2. The zero-order valence-electron chi connectivity index (χ0n) is 29.4. The second-order valence-electron chi connectivity index (χ2n) is 14.9. The number of fused-ring (bicyclic) bond motifs is 4. The summed E-state index contributed by atoms with van der Waals surface area (Å²) in [6.45, 7) is 2.27. The number of nitrogens with zero attached hydrogens (tertiary/aromatic N) is 1. The lowest BCUT2D eigenvalue weighted by Crippen LogP contribution is -2.49. The highest BCUT2D eigenvalue weighted by atomic mass is 16.4. The van der Waals surface area contributed by atoms with Gasteiger partial charge in [0.15, 0.2) is 0 Å². The van der Waals surface area contributed by atoms with Crippen molar-refractivity contribution in [3.05, 3.63) is 72.1 Å². The molecule has 4 aliphatic rings. The third-order valence-corrected chi connectivity index (χ3v) is 11.7. The van der Waals surface area contributed by atoms with E-state index < -0.39 is 5.97 Å². The summed E-state index contributed by atoms with van der Waals surface area (Å²) in [6, 6.07) is 17.9. The Morgan fingerprint density at radius 3 is 1.92 bits per heavy atom. The molecule has 0 spiro atoms. The topological polar surface area (TPSA) is 101 Å². The first-order valence-corrected chi connectivity index (χ1v) is 19.4. The van der Waals surface area contributed by atoms with Crippen molar-refractivity contribution < 1.29 is 14.7 Å². The van der Waals surface area contributed by atoms with Crippen LogP contribution in [-0.4, -0.2) is 57.0 Å². The van der Waals surface area contributed by atoms with Crippen LogP contribution in [0.5, 0.6) is 0 Å². The number of nitrogens with one attached hydrogen (secondary N) is 3. The van der Waals surface area contributed by atoms with Gasteiger partial charge >= 0.3 is 5.97 Å². The SMILES string of the molecule is C1CCC2NCCCC2C1.O=C(CCCc1c[nH]c2ccccc12)N1CCCC2CCCCC21.O=C(O)CCCc1c[nH]c2ccccc12. The third kappa shape index (κ3) is 9.56. The Bertz CT molecular complexity index is 1600. The van der Waals surface area contributed by atoms with E-state index in [1.807, 2.05) is 24.4 Å². The molecule has 4 fully saturated rings. The zero-order valence-corrected chi connectivity index (χ0v) is 29.4. The van der Waals surface area contributed by atoms with Crippen LogP contribution in [0.25, 0.3) is 21.8 Å². The number of carbonyl (C=O) groups is 2. The number of para-hydroxylation sites is 2. The smallest absolute Gasteiger partial charge is 0.303 e. The highest BCUT2D eigenvalue weighted by molar-refractivity contribution is 5.84. The molecule has 0 radical (unpaired) electrons. The molecule has 8 rings (SSSR count). The maximum absolute atomic E-state index is 12.8. The van der Waals surface area contributed by atoms with Crippen molar-refractivity contribution in [2.24, 2.45) is 11.8 Å². The van der Waals surface area contributed by atoms with Crippen molar-refractivity contribution in [2.45, 2.75) is 128 Å². The average molecular weight is 667 g/mol. The number of H-pyrrole nitrogens is 2. The molecule has 0 bridgehead atoms. The van der Waals surface area contributed by atoms with Crippen LogP contribution in [0.3, 0.4) is 0 Å². The van der Waals surface area contributed by atoms with Crippen LogP contribution in [0, 0.1) is 11.8 Å². The largest absolute Gasteiger partial charge is 0.481 e. The molecule has 2 aromatic heterocycles. The Morgan fingerprint density at radius 1 is 0.673 bits per heavy atom. The van der Waals surface area contributed by atoms with E-state index in [4.69, 9.17) is 5.11 Å². The van der Waals surface area contributed by atoms with Crippen LogP contribution >= 0.6 is 0 Å². The quantitative estimate of drug-likeness (QED) is 0.151. The first-order chi connectivity index (χ1) is 24.1. The summed E-state index contributed by atoms with van der Waals surface area (Å²) in [5.41, 5.74) is 4.85. The molecular weight excluding hydrogens is 608 g/mol. The van der Waals surface area contributed by atoms with Gasteiger partial charge in [-0.05, 0) is 119 Å². The number of aromatic nitrogens is 2. The Hall–Kier alpha value is -3.58. The van der Waals surface area contributed by atoms with Crippen LogP contribution < -0.4 is 5.32 Å². The summed E-state index contributed by atoms with van der Waals surface area (Å²) < 4.78 is 0. The number of carboxylic acids is 1. The number of aromatic amines is 2. The molecule has 2 saturated carbocycles. The van der Waals surface area contributed by atoms with Crippen LogP contribution in [0.1, 0.15) is 114 Å². The highest BCUT2D eigenvalue weighted by Crippen LogP contribution is 2.36. The molecular formula is C42H58N4O3. The van der Waals surface area contributed by atoms with E-state index in [0.717, 1.165) is 49.2 Å². The fourth-order valence-electron chi connectivity index (χ4n) is 9.09. The van der Waals surface area contributed by atoms with Crippen molar-refractivity contribution >= 4 is 33.7 Å². The first-order valence-electron chi connectivity index (χ1n) is 19.4. The summed E-state index contributed by atoms with van der Waals surface area (Å²) >= 11 is 0. The summed E-state index contributed by atoms with van der Waals surface area (Å²) in [7, 11) is 0. The Kier molecular flexibility index (Phi) is 12.9. The van der Waals surface area contributed by atoms with Crippen molar-refractivity contribution in [2.75, 3.05) is 13.1 Å². The van der Waals surface area contributed by atoms with Crippen LogP contribution in [0.2, 0.25) is 0 Å². The summed E-state index contributed by atoms with van der Waals surface area (Å²) in [5, 5.41) is 14.7. The molecule has 2 aliphatic heterocycles. The lowest BCUT2D eigenvalue weighted by Gasteiger charge is -2.44. The maximum atomic E-state index is 12.8. The Labute approximate surface area is 292 Å². The monoisotopic (exact) mass is 666 g/mol. The number of likely N-dealkylation sites (tertiary alicyclic amines) is 1. The highest BCUT2D eigenvalue weighted by Gasteiger charge is 2.35. The molecule has 4 aromatic rings. The van der Waals surface area contributed by atoms with Crippen molar-refractivity contribution in [3.8, 4) is 0 Å². The molecule has 2 aliphatic carbocycles. The van der Waals surface area contributed by atoms with Gasteiger partial charge in [-0.1, -0.05) is 62.1 Å². The van der Waals surface area contributed by atoms with Crippen LogP contribution in [0.4, 0.5) is 0 Å². The van der Waals surface area contributed by atoms with Crippen molar-refractivity contribution in [3.63, 3.8) is 0 Å². The number of carbonyl (C=O) groups excluding carboxylic acids is 1. The van der Waals surface area contributed by atoms with Gasteiger partial charge in [0.05, 0.1) is 0 Å². The number of aryl methyl sites for hydroxylation is 2. The number of amides is 1. The Balaban J connectivity index is 0.000000141. The van der Waals surface area contributed by atoms with E-state index in [2.05, 4.69) is 56.7 Å². The fraction of sp³-hybridized carbons (Fsp3) is 0.571. The molecule has 49 heavy (non-hydrogen) atoms. The molecule has 4 heterocycles. The minimum Gasteiger partial charge on any atom is -0.481 e. The second-order valence-corrected chi connectivity index (χ2v) is 14.9. The predicted octanol–water partition coefficient (Wildman–Crippen LogP) is 9.18. The average Bonchev–Trinajstić information content (AvgIpc) is 3.76. The van der Waals surface area contributed by atoms with E-state index in [0.29, 0.717) is 24.8 Å². The van der Waals surface area contributed by atoms with Gasteiger partial charge in [-0.3, -0.25) is 9.59 Å². The molecule has 4 N–H and O–H groups in total. The number of hydrogen-bond acceptors (Lipinski definition) is 3. The van der Waals surface area contributed by atoms with E-state index in [1.54, 1.807) is 0 Å². The number of piperidine rings is 2. The van der Waals surface area contributed by atoms with E-state index >= 15 is 0 Å². The summed E-state index contributed by atoms with van der Waals surface area (Å²) in [6.07, 6.45) is 25.0. The number of carboxylic acid groups (broad SMARTS) is 1. The lowest BCUT2D eigenvalue weighted by molar-refractivity contribution is -0.138. The molecule has 4 unspecified atom stereocenters. The van der Waals surface area contributed by atoms with Gasteiger partial charge in [0.25, 0.3) is 0 Å². The number of hydrogen-bond donors (Lipinski definition) is 4. The standard InChI is InChI=1S/C21H28N2O.C12H13NO2.C9H17N/c24-21(23-14-6-9-16-7-1-4-12-20(16)23)13-5-8-17-15-22-19-11-3-2-10-18(17)19;14-12(15)7-3-4-9-8-13-11-6-2-1-5-10(9)11;1-2-6-9-8(4-1)5-3-7-10-9/h2-3,10-11,15-16,20,22H,1,4-9,12-14H2;1-2,5-6,8,13H,3-4,7H2,(H,14,15);8-10H,1-7H2. The van der Waals surface area contributed by atoms with Crippen molar-refractivity contribution in [1.82, 2.24) is 20.2 Å². The number of rotatable bonds is 8. The van der Waals surface area contributed by atoms with E-state index in [-0.39, 0.29) is 6.42 Å². The maximum Gasteiger partial charge on any atom is 0.303 e.